The average molecular weight is 374 g/mol. The van der Waals surface area contributed by atoms with E-state index in [1.54, 1.807) is 0 Å². The SMILES string of the molecule is CCCCc1ccc(CCc2ccc(-c3ccc(OCCC)cn3)cc2)cc1. The van der Waals surface area contributed by atoms with Crippen molar-refractivity contribution in [1.29, 1.82) is 0 Å². The monoisotopic (exact) mass is 373 g/mol. The van der Waals surface area contributed by atoms with Gasteiger partial charge >= 0.3 is 0 Å². The van der Waals surface area contributed by atoms with E-state index in [-0.39, 0.29) is 0 Å². The lowest BCUT2D eigenvalue weighted by molar-refractivity contribution is 0.316. The zero-order valence-corrected chi connectivity index (χ0v) is 17.2. The molecule has 0 radical (unpaired) electrons. The smallest absolute Gasteiger partial charge is 0.137 e. The lowest BCUT2D eigenvalue weighted by atomic mass is 10.0. The summed E-state index contributed by atoms with van der Waals surface area (Å²) in [7, 11) is 0. The van der Waals surface area contributed by atoms with Crippen molar-refractivity contribution in [2.45, 2.75) is 52.4 Å². The number of nitrogens with zero attached hydrogens (tertiary/aromatic N) is 1. The quantitative estimate of drug-likeness (QED) is 0.396. The Kier molecular flexibility index (Phi) is 7.66. The second kappa shape index (κ2) is 10.7. The number of pyridine rings is 1. The normalized spacial score (nSPS) is 10.8. The molecular weight excluding hydrogens is 342 g/mol. The maximum Gasteiger partial charge on any atom is 0.137 e. The van der Waals surface area contributed by atoms with Gasteiger partial charge in [0.1, 0.15) is 5.75 Å². The number of ether oxygens (including phenoxy) is 1. The van der Waals surface area contributed by atoms with Crippen molar-refractivity contribution in [2.75, 3.05) is 6.61 Å². The summed E-state index contributed by atoms with van der Waals surface area (Å²) in [5, 5.41) is 0. The van der Waals surface area contributed by atoms with Crippen molar-refractivity contribution in [2.24, 2.45) is 0 Å². The van der Waals surface area contributed by atoms with Gasteiger partial charge in [0.25, 0.3) is 0 Å². The number of benzene rings is 2. The van der Waals surface area contributed by atoms with E-state index in [1.807, 2.05) is 18.3 Å². The van der Waals surface area contributed by atoms with Gasteiger partial charge in [-0.1, -0.05) is 68.8 Å². The second-order valence-electron chi connectivity index (χ2n) is 7.34. The molecule has 1 aromatic heterocycles. The minimum absolute atomic E-state index is 0.733. The van der Waals surface area contributed by atoms with Crippen LogP contribution >= 0.6 is 0 Å². The van der Waals surface area contributed by atoms with Crippen LogP contribution in [0.3, 0.4) is 0 Å². The summed E-state index contributed by atoms with van der Waals surface area (Å²) in [4.78, 5) is 4.53. The van der Waals surface area contributed by atoms with Crippen LogP contribution in [0, 0.1) is 0 Å². The molecule has 0 aliphatic carbocycles. The van der Waals surface area contributed by atoms with Crippen LogP contribution in [-0.2, 0) is 19.3 Å². The number of hydrogen-bond acceptors (Lipinski definition) is 2. The largest absolute Gasteiger partial charge is 0.492 e. The minimum atomic E-state index is 0.733. The average Bonchev–Trinajstić information content (AvgIpc) is 2.76. The molecule has 0 saturated heterocycles. The zero-order chi connectivity index (χ0) is 19.6. The first kappa shape index (κ1) is 20.1. The van der Waals surface area contributed by atoms with E-state index in [4.69, 9.17) is 4.74 Å². The van der Waals surface area contributed by atoms with E-state index >= 15 is 0 Å². The Morgan fingerprint density at radius 2 is 1.29 bits per heavy atom. The molecule has 3 rings (SSSR count). The highest BCUT2D eigenvalue weighted by Gasteiger charge is 2.02. The molecule has 0 aliphatic heterocycles. The van der Waals surface area contributed by atoms with Crippen molar-refractivity contribution < 1.29 is 4.74 Å². The van der Waals surface area contributed by atoms with Gasteiger partial charge in [0.2, 0.25) is 0 Å². The maximum atomic E-state index is 5.60. The molecule has 146 valence electrons. The Bertz CT molecular complexity index is 820. The molecule has 0 fully saturated rings. The molecule has 0 bridgehead atoms. The Morgan fingerprint density at radius 1 is 0.679 bits per heavy atom. The van der Waals surface area contributed by atoms with Crippen LogP contribution in [-0.4, -0.2) is 11.6 Å². The maximum absolute atomic E-state index is 5.60. The molecule has 0 N–H and O–H groups in total. The van der Waals surface area contributed by atoms with Gasteiger partial charge in [-0.25, -0.2) is 0 Å². The number of aryl methyl sites for hydroxylation is 3. The molecule has 0 unspecified atom stereocenters. The first-order valence-corrected chi connectivity index (χ1v) is 10.5. The summed E-state index contributed by atoms with van der Waals surface area (Å²) in [5.74, 6) is 0.836. The van der Waals surface area contributed by atoms with E-state index in [9.17, 15) is 0 Å². The highest BCUT2D eigenvalue weighted by molar-refractivity contribution is 5.59. The van der Waals surface area contributed by atoms with E-state index in [1.165, 1.54) is 36.0 Å². The van der Waals surface area contributed by atoms with Crippen molar-refractivity contribution in [1.82, 2.24) is 4.98 Å². The van der Waals surface area contributed by atoms with Crippen LogP contribution in [0.2, 0.25) is 0 Å². The molecule has 28 heavy (non-hydrogen) atoms. The molecule has 3 aromatic rings. The molecule has 2 nitrogen and oxygen atoms in total. The van der Waals surface area contributed by atoms with Gasteiger partial charge in [0.05, 0.1) is 18.5 Å². The summed E-state index contributed by atoms with van der Waals surface area (Å²) >= 11 is 0. The van der Waals surface area contributed by atoms with Gasteiger partial charge in [-0.2, -0.15) is 0 Å². The van der Waals surface area contributed by atoms with Crippen LogP contribution in [0.15, 0.2) is 66.9 Å². The fraction of sp³-hybridized carbons (Fsp3) is 0.346. The van der Waals surface area contributed by atoms with Crippen molar-refractivity contribution in [3.63, 3.8) is 0 Å². The summed E-state index contributed by atoms with van der Waals surface area (Å²) < 4.78 is 5.60. The fourth-order valence-corrected chi connectivity index (χ4v) is 3.24. The molecule has 1 heterocycles. The van der Waals surface area contributed by atoms with Gasteiger partial charge < -0.3 is 4.74 Å². The first-order valence-electron chi connectivity index (χ1n) is 10.5. The Morgan fingerprint density at radius 3 is 1.82 bits per heavy atom. The third kappa shape index (κ3) is 5.95. The van der Waals surface area contributed by atoms with E-state index in [0.29, 0.717) is 0 Å². The molecule has 2 heteroatoms. The standard InChI is InChI=1S/C26H31NO/c1-3-5-6-21-7-9-22(10-8-21)11-12-23-13-15-24(16-14-23)26-18-17-25(20-27-26)28-19-4-2/h7-10,13-18,20H,3-6,11-12,19H2,1-2H3. The van der Waals surface area contributed by atoms with Gasteiger partial charge in [0, 0.05) is 5.56 Å². The lowest BCUT2D eigenvalue weighted by Crippen LogP contribution is -1.95. The third-order valence-electron chi connectivity index (χ3n) is 5.00. The summed E-state index contributed by atoms with van der Waals surface area (Å²) in [6, 6.07) is 21.9. The van der Waals surface area contributed by atoms with Crippen LogP contribution in [0.25, 0.3) is 11.3 Å². The number of aromatic nitrogens is 1. The predicted octanol–water partition coefficient (Wildman–Crippen LogP) is 6.67. The van der Waals surface area contributed by atoms with Gasteiger partial charge in [-0.3, -0.25) is 4.98 Å². The van der Waals surface area contributed by atoms with E-state index < -0.39 is 0 Å². The Hall–Kier alpha value is -2.61. The highest BCUT2D eigenvalue weighted by Crippen LogP contribution is 2.21. The predicted molar refractivity (Wildman–Crippen MR) is 118 cm³/mol. The minimum Gasteiger partial charge on any atom is -0.492 e. The molecule has 2 aromatic carbocycles. The molecule has 0 spiro atoms. The third-order valence-corrected chi connectivity index (χ3v) is 5.00. The number of rotatable bonds is 10. The summed E-state index contributed by atoms with van der Waals surface area (Å²) in [6.07, 6.45) is 8.67. The first-order chi connectivity index (χ1) is 13.8. The van der Waals surface area contributed by atoms with Gasteiger partial charge in [0.15, 0.2) is 0 Å². The summed E-state index contributed by atoms with van der Waals surface area (Å²) in [6.45, 7) is 5.08. The van der Waals surface area contributed by atoms with Crippen molar-refractivity contribution >= 4 is 0 Å². The molecular formula is C26H31NO. The van der Waals surface area contributed by atoms with Crippen LogP contribution in [0.5, 0.6) is 5.75 Å². The zero-order valence-electron chi connectivity index (χ0n) is 17.2. The topological polar surface area (TPSA) is 22.1 Å². The molecule has 0 aliphatic rings. The fourth-order valence-electron chi connectivity index (χ4n) is 3.24. The molecule has 0 atom stereocenters. The highest BCUT2D eigenvalue weighted by atomic mass is 16.5. The number of unbranched alkanes of at least 4 members (excludes halogenated alkanes) is 1. The van der Waals surface area contributed by atoms with Crippen LogP contribution in [0.1, 0.15) is 49.8 Å². The lowest BCUT2D eigenvalue weighted by Gasteiger charge is -2.07. The van der Waals surface area contributed by atoms with Crippen LogP contribution in [0.4, 0.5) is 0 Å². The Labute approximate surface area is 169 Å². The van der Waals surface area contributed by atoms with Gasteiger partial charge in [-0.05, 0) is 60.9 Å². The molecule has 0 saturated carbocycles. The van der Waals surface area contributed by atoms with Gasteiger partial charge in [-0.15, -0.1) is 0 Å². The summed E-state index contributed by atoms with van der Waals surface area (Å²) in [5.41, 5.74) is 6.35. The number of hydrogen-bond donors (Lipinski definition) is 0. The molecule has 0 amide bonds. The Balaban J connectivity index is 1.54. The van der Waals surface area contributed by atoms with Crippen molar-refractivity contribution in [3.8, 4) is 17.0 Å². The second-order valence-corrected chi connectivity index (χ2v) is 7.34. The van der Waals surface area contributed by atoms with E-state index in [0.717, 1.165) is 42.9 Å². The van der Waals surface area contributed by atoms with E-state index in [2.05, 4.69) is 67.4 Å². The van der Waals surface area contributed by atoms with Crippen molar-refractivity contribution in [3.05, 3.63) is 83.6 Å². The van der Waals surface area contributed by atoms with Crippen LogP contribution < -0.4 is 4.74 Å².